The monoisotopic (exact) mass is 862 g/mol. The number of nitrogens with zero attached hydrogens (tertiary/aromatic N) is 3. The van der Waals surface area contributed by atoms with Crippen molar-refractivity contribution in [1.29, 1.82) is 0 Å². The highest BCUT2D eigenvalue weighted by Crippen LogP contribution is 2.47. The zero-order chi connectivity index (χ0) is 42.3. The third-order valence-corrected chi connectivity index (χ3v) is 14.7. The van der Waals surface area contributed by atoms with Gasteiger partial charge in [-0.1, -0.05) is 25.0 Å². The van der Waals surface area contributed by atoms with Gasteiger partial charge in [-0.15, -0.1) is 11.3 Å². The Labute approximate surface area is 352 Å². The first-order chi connectivity index (χ1) is 28.8. The van der Waals surface area contributed by atoms with Gasteiger partial charge in [-0.25, -0.2) is 23.2 Å². The summed E-state index contributed by atoms with van der Waals surface area (Å²) in [6, 6.07) is 3.10. The predicted octanol–water partition coefficient (Wildman–Crippen LogP) is 3.95. The number of rotatable bonds is 10. The molecule has 8 rings (SSSR count). The number of ether oxygens (including phenoxy) is 3. The molecule has 3 aliphatic carbocycles. The molecule has 60 heavy (non-hydrogen) atoms. The topological polar surface area (TPSA) is 212 Å². The molecule has 3 aromatic rings. The molecule has 18 heteroatoms. The number of aromatic nitrogens is 2. The first kappa shape index (κ1) is 41.6. The van der Waals surface area contributed by atoms with Gasteiger partial charge in [0.2, 0.25) is 21.8 Å². The highest BCUT2D eigenvalue weighted by atomic mass is 32.2. The number of methoxy groups -OCH3 is 1. The number of fused-ring (bicyclic) bond motifs is 3. The van der Waals surface area contributed by atoms with Gasteiger partial charge in [-0.2, -0.15) is 0 Å². The molecule has 0 unspecified atom stereocenters. The summed E-state index contributed by atoms with van der Waals surface area (Å²) < 4.78 is 45.4. The Morgan fingerprint density at radius 2 is 1.85 bits per heavy atom. The van der Waals surface area contributed by atoms with E-state index in [1.807, 2.05) is 37.3 Å². The van der Waals surface area contributed by atoms with Gasteiger partial charge in [0, 0.05) is 40.7 Å². The number of benzene rings is 1. The molecule has 0 radical (unpaired) electrons. The van der Waals surface area contributed by atoms with Gasteiger partial charge in [0.15, 0.2) is 0 Å². The van der Waals surface area contributed by atoms with Crippen molar-refractivity contribution in [3.05, 3.63) is 47.0 Å². The van der Waals surface area contributed by atoms with Gasteiger partial charge in [-0.05, 0) is 77.3 Å². The molecule has 5 atom stereocenters. The van der Waals surface area contributed by atoms with Crippen molar-refractivity contribution in [2.45, 2.75) is 119 Å². The predicted molar refractivity (Wildman–Crippen MR) is 221 cm³/mol. The molecule has 2 aliphatic heterocycles. The van der Waals surface area contributed by atoms with Crippen LogP contribution in [0.4, 0.5) is 0 Å². The Kier molecular flexibility index (Phi) is 11.6. The van der Waals surface area contributed by atoms with Crippen molar-refractivity contribution in [3.8, 4) is 22.2 Å². The Morgan fingerprint density at radius 3 is 2.58 bits per heavy atom. The van der Waals surface area contributed by atoms with Crippen molar-refractivity contribution in [2.75, 3.05) is 20.3 Å². The minimum Gasteiger partial charge on any atom is -0.496 e. The Bertz CT molecular complexity index is 2360. The van der Waals surface area contributed by atoms with E-state index in [2.05, 4.69) is 20.7 Å². The third kappa shape index (κ3) is 8.58. The number of thiazole rings is 1. The molecule has 2 aromatic heterocycles. The number of carbonyl (C=O) groups excluding carboxylic acids is 5. The summed E-state index contributed by atoms with van der Waals surface area (Å²) in [6.07, 6.45) is 9.04. The number of aryl methyl sites for hydroxylation is 1. The van der Waals surface area contributed by atoms with Crippen LogP contribution in [0.1, 0.15) is 94.7 Å². The fourth-order valence-corrected chi connectivity index (χ4v) is 10.4. The minimum absolute atomic E-state index is 0.00788. The second-order valence-corrected chi connectivity index (χ2v) is 19.2. The van der Waals surface area contributed by atoms with Crippen LogP contribution in [0, 0.1) is 12.8 Å². The summed E-state index contributed by atoms with van der Waals surface area (Å²) in [5.41, 5.74) is 1.49. The van der Waals surface area contributed by atoms with E-state index in [1.54, 1.807) is 14.0 Å². The zero-order valence-corrected chi connectivity index (χ0v) is 35.5. The van der Waals surface area contributed by atoms with E-state index in [1.165, 1.54) is 16.2 Å². The van der Waals surface area contributed by atoms with Gasteiger partial charge in [0.25, 0.3) is 5.91 Å². The molecule has 3 saturated carbocycles. The maximum atomic E-state index is 14.7. The van der Waals surface area contributed by atoms with Crippen molar-refractivity contribution in [3.63, 3.8) is 0 Å². The quantitative estimate of drug-likeness (QED) is 0.150. The standard InChI is InChI=1S/C42H50N6O10S2/c1-4-57-40(52)37(50)44-29-11-9-7-5-6-8-10-25-20-42(25,41(53)47-60(54,55)27-14-15-27)46-36(49)32-18-26(21-48(32)39(29)51)58-34-19-30(38-45-31(22-59-38)24-12-13-24)43-35-23(2)33(56-3)17-16-28(34)35/h8,10,16-17,19,22,24-27,29,32H,4-7,9,11-15,18,20-21H2,1-3H3,(H,44,50)(H,46,49)(H,47,53)/b10-8-/t25-,26-,29+,32+,42-/m1/s1. The Hall–Kier alpha value is -5.10. The summed E-state index contributed by atoms with van der Waals surface area (Å²) in [5.74, 6) is -3.25. The molecule has 4 amide bonds. The normalized spacial score (nSPS) is 26.4. The molecule has 3 N–H and O–H groups in total. The summed E-state index contributed by atoms with van der Waals surface area (Å²) in [4.78, 5) is 79.7. The van der Waals surface area contributed by atoms with Crippen LogP contribution in [0.2, 0.25) is 0 Å². The summed E-state index contributed by atoms with van der Waals surface area (Å²) in [5, 5.41) is 8.22. The highest BCUT2D eigenvalue weighted by Gasteiger charge is 2.62. The van der Waals surface area contributed by atoms with Gasteiger partial charge in [0.1, 0.15) is 45.9 Å². The number of carbonyl (C=O) groups is 5. The fraction of sp³-hybridized carbons (Fsp3) is 0.548. The molecule has 4 fully saturated rings. The lowest BCUT2D eigenvalue weighted by Gasteiger charge is -2.29. The van der Waals surface area contributed by atoms with E-state index >= 15 is 0 Å². The number of hydrogen-bond acceptors (Lipinski definition) is 13. The van der Waals surface area contributed by atoms with Crippen molar-refractivity contribution < 1.29 is 46.6 Å². The van der Waals surface area contributed by atoms with E-state index in [-0.39, 0.29) is 32.4 Å². The van der Waals surface area contributed by atoms with Crippen LogP contribution in [0.15, 0.2) is 35.7 Å². The molecule has 5 aliphatic rings. The van der Waals surface area contributed by atoms with Gasteiger partial charge in [-0.3, -0.25) is 23.9 Å². The van der Waals surface area contributed by atoms with Crippen LogP contribution in [0.3, 0.4) is 0 Å². The van der Waals surface area contributed by atoms with E-state index < -0.39 is 74.5 Å². The van der Waals surface area contributed by atoms with Crippen LogP contribution in [-0.4, -0.2) is 102 Å². The molecular formula is C42H50N6O10S2. The van der Waals surface area contributed by atoms with E-state index in [4.69, 9.17) is 24.2 Å². The molecule has 0 spiro atoms. The third-order valence-electron chi connectivity index (χ3n) is 12.0. The second kappa shape index (κ2) is 16.7. The van der Waals surface area contributed by atoms with Crippen LogP contribution in [0.5, 0.6) is 11.5 Å². The Balaban J connectivity index is 1.14. The lowest BCUT2D eigenvalue weighted by molar-refractivity contribution is -0.155. The molecule has 1 aromatic carbocycles. The van der Waals surface area contributed by atoms with E-state index in [0.29, 0.717) is 66.1 Å². The maximum absolute atomic E-state index is 14.7. The lowest BCUT2D eigenvalue weighted by Crippen LogP contribution is -2.58. The number of nitrogens with one attached hydrogen (secondary N) is 3. The van der Waals surface area contributed by atoms with Gasteiger partial charge >= 0.3 is 11.9 Å². The van der Waals surface area contributed by atoms with Crippen LogP contribution >= 0.6 is 11.3 Å². The van der Waals surface area contributed by atoms with Crippen LogP contribution in [0.25, 0.3) is 21.6 Å². The lowest BCUT2D eigenvalue weighted by atomic mass is 10.0. The number of hydrogen-bond donors (Lipinski definition) is 3. The van der Waals surface area contributed by atoms with E-state index in [9.17, 15) is 32.4 Å². The average Bonchev–Trinajstić information content (AvgIpc) is 4.18. The van der Waals surface area contributed by atoms with E-state index in [0.717, 1.165) is 35.5 Å². The molecular weight excluding hydrogens is 813 g/mol. The number of amides is 4. The molecule has 16 nitrogen and oxygen atoms in total. The maximum Gasteiger partial charge on any atom is 0.396 e. The fourth-order valence-electron chi connectivity index (χ4n) is 8.22. The first-order valence-electron chi connectivity index (χ1n) is 20.8. The second-order valence-electron chi connectivity index (χ2n) is 16.4. The molecule has 0 bridgehead atoms. The minimum atomic E-state index is -3.93. The number of pyridine rings is 1. The van der Waals surface area contributed by atoms with Crippen LogP contribution in [-0.2, 0) is 38.7 Å². The smallest absolute Gasteiger partial charge is 0.396 e. The molecule has 4 heterocycles. The van der Waals surface area contributed by atoms with Crippen molar-refractivity contribution in [2.24, 2.45) is 5.92 Å². The highest BCUT2D eigenvalue weighted by molar-refractivity contribution is 7.91. The molecule has 1 saturated heterocycles. The SMILES string of the molecule is CCOC(=O)C(=O)N[C@H]1CCCCC/C=C\[C@@H]2C[C@@]2(C(=O)NS(=O)(=O)C2CC2)NC(=O)[C@@H]2C[C@@H](Oc3cc(-c4nc(C5CC5)cs4)nc4c(C)c(OC)ccc34)CN2C1=O. The average molecular weight is 863 g/mol. The number of sulfonamides is 1. The summed E-state index contributed by atoms with van der Waals surface area (Å²) in [7, 11) is -2.35. The number of esters is 1. The molecule has 320 valence electrons. The van der Waals surface area contributed by atoms with Crippen molar-refractivity contribution >= 4 is 61.9 Å². The summed E-state index contributed by atoms with van der Waals surface area (Å²) in [6.45, 7) is 3.35. The van der Waals surface area contributed by atoms with Gasteiger partial charge < -0.3 is 29.7 Å². The van der Waals surface area contributed by atoms with Crippen LogP contribution < -0.4 is 24.8 Å². The first-order valence-corrected chi connectivity index (χ1v) is 23.2. The van der Waals surface area contributed by atoms with Gasteiger partial charge in [0.05, 0.1) is 36.7 Å². The number of allylic oxidation sites excluding steroid dienone is 1. The Morgan fingerprint density at radius 1 is 1.05 bits per heavy atom. The van der Waals surface area contributed by atoms with Crippen molar-refractivity contribution in [1.82, 2.24) is 30.2 Å². The zero-order valence-electron chi connectivity index (χ0n) is 33.9. The summed E-state index contributed by atoms with van der Waals surface area (Å²) >= 11 is 1.50. The largest absolute Gasteiger partial charge is 0.496 e.